The zero-order valence-electron chi connectivity index (χ0n) is 17.4. The van der Waals surface area contributed by atoms with Crippen LogP contribution in [0.5, 0.6) is 0 Å². The lowest BCUT2D eigenvalue weighted by molar-refractivity contribution is -0.104. The maximum absolute atomic E-state index is 6.36. The molecule has 2 fully saturated rings. The molecule has 2 aliphatic rings. The topological polar surface area (TPSA) is 47.3 Å². The molecule has 1 spiro atoms. The van der Waals surface area contributed by atoms with Crippen molar-refractivity contribution in [3.8, 4) is 10.6 Å². The van der Waals surface area contributed by atoms with Crippen LogP contribution in [0.2, 0.25) is 0 Å². The molecule has 1 aliphatic carbocycles. The van der Waals surface area contributed by atoms with E-state index in [4.69, 9.17) is 14.1 Å². The van der Waals surface area contributed by atoms with E-state index in [0.717, 1.165) is 44.7 Å². The number of furan rings is 1. The van der Waals surface area contributed by atoms with Crippen LogP contribution in [0.4, 0.5) is 0 Å². The number of pyridine rings is 1. The first kappa shape index (κ1) is 20.0. The first-order valence-electron chi connectivity index (χ1n) is 11.2. The molecular formula is C25H30N2O2S. The van der Waals surface area contributed by atoms with Gasteiger partial charge in [-0.05, 0) is 75.0 Å². The molecule has 30 heavy (non-hydrogen) atoms. The molecule has 3 aromatic heterocycles. The molecule has 4 nitrogen and oxygen atoms in total. The van der Waals surface area contributed by atoms with E-state index in [1.807, 2.05) is 24.4 Å². The van der Waals surface area contributed by atoms with E-state index in [1.54, 1.807) is 17.6 Å². The van der Waals surface area contributed by atoms with Crippen LogP contribution in [-0.4, -0.2) is 23.7 Å². The van der Waals surface area contributed by atoms with Crippen LogP contribution in [0.25, 0.3) is 10.6 Å². The van der Waals surface area contributed by atoms with E-state index < -0.39 is 0 Å². The minimum Gasteiger partial charge on any atom is -0.464 e. The minimum absolute atomic E-state index is 0.0848. The standard InChI is InChI=1S/C25H30N2O2S/c1-4-14-27-23(7-1)24(13-17-29-25(19-24)10-2-3-11-25)12-15-26-18-20-8-9-22(30-20)21-6-5-16-28-21/h1,4-9,14,16,26H,2-3,10-13,15,17-19H2/t24-/m1/s1. The number of hydrogen-bond donors (Lipinski definition) is 1. The molecule has 5 rings (SSSR count). The smallest absolute Gasteiger partial charge is 0.143 e. The van der Waals surface area contributed by atoms with Crippen molar-refractivity contribution < 1.29 is 9.15 Å². The normalized spacial score (nSPS) is 23.2. The fraction of sp³-hybridized carbons (Fsp3) is 0.480. The third-order valence-electron chi connectivity index (χ3n) is 6.88. The Morgan fingerprint density at radius 1 is 1.03 bits per heavy atom. The van der Waals surface area contributed by atoms with Gasteiger partial charge in [0.15, 0.2) is 0 Å². The SMILES string of the molecule is c1ccc([C@]2(CCNCc3ccc(-c4ccco4)s3)CCOC3(CCCC3)C2)nc1. The zero-order valence-corrected chi connectivity index (χ0v) is 18.3. The predicted molar refractivity (Wildman–Crippen MR) is 121 cm³/mol. The maximum atomic E-state index is 6.36. The predicted octanol–water partition coefficient (Wildman–Crippen LogP) is 5.94. The molecule has 0 aromatic carbocycles. The van der Waals surface area contributed by atoms with Gasteiger partial charge in [-0.2, -0.15) is 0 Å². The largest absolute Gasteiger partial charge is 0.464 e. The summed E-state index contributed by atoms with van der Waals surface area (Å²) in [6, 6.07) is 14.7. The molecule has 5 heteroatoms. The fourth-order valence-corrected chi connectivity index (χ4v) is 6.31. The highest BCUT2D eigenvalue weighted by atomic mass is 32.1. The van der Waals surface area contributed by atoms with Crippen molar-refractivity contribution in [2.75, 3.05) is 13.2 Å². The van der Waals surface area contributed by atoms with Crippen LogP contribution in [0.15, 0.2) is 59.3 Å². The van der Waals surface area contributed by atoms with E-state index in [1.165, 1.54) is 41.1 Å². The number of thiophene rings is 1. The van der Waals surface area contributed by atoms with Crippen molar-refractivity contribution in [3.05, 3.63) is 65.5 Å². The Balaban J connectivity index is 1.25. The summed E-state index contributed by atoms with van der Waals surface area (Å²) < 4.78 is 11.9. The van der Waals surface area contributed by atoms with Crippen LogP contribution in [0.1, 0.15) is 55.5 Å². The Kier molecular flexibility index (Phi) is 5.77. The summed E-state index contributed by atoms with van der Waals surface area (Å²) in [6.45, 7) is 2.74. The summed E-state index contributed by atoms with van der Waals surface area (Å²) in [4.78, 5) is 7.34. The highest BCUT2D eigenvalue weighted by Gasteiger charge is 2.48. The molecule has 0 unspecified atom stereocenters. The molecule has 1 atom stereocenters. The average molecular weight is 423 g/mol. The Morgan fingerprint density at radius 2 is 1.97 bits per heavy atom. The number of nitrogens with one attached hydrogen (secondary N) is 1. The monoisotopic (exact) mass is 422 g/mol. The third kappa shape index (κ3) is 4.11. The van der Waals surface area contributed by atoms with E-state index >= 15 is 0 Å². The second-order valence-corrected chi connectivity index (χ2v) is 10.00. The molecule has 0 radical (unpaired) electrons. The summed E-state index contributed by atoms with van der Waals surface area (Å²) in [5.41, 5.74) is 1.45. The van der Waals surface area contributed by atoms with Crippen molar-refractivity contribution in [2.45, 2.75) is 62.5 Å². The molecule has 3 aromatic rings. The summed E-state index contributed by atoms with van der Waals surface area (Å²) in [5.74, 6) is 0.949. The van der Waals surface area contributed by atoms with Gasteiger partial charge in [-0.15, -0.1) is 11.3 Å². The summed E-state index contributed by atoms with van der Waals surface area (Å²) >= 11 is 1.80. The number of hydrogen-bond acceptors (Lipinski definition) is 5. The minimum atomic E-state index is 0.0848. The van der Waals surface area contributed by atoms with Crippen LogP contribution in [-0.2, 0) is 16.7 Å². The molecule has 0 bridgehead atoms. The van der Waals surface area contributed by atoms with Gasteiger partial charge in [-0.1, -0.05) is 18.9 Å². The highest BCUT2D eigenvalue weighted by molar-refractivity contribution is 7.15. The van der Waals surface area contributed by atoms with E-state index in [-0.39, 0.29) is 11.0 Å². The second-order valence-electron chi connectivity index (χ2n) is 8.83. The number of aromatic nitrogens is 1. The second kappa shape index (κ2) is 8.66. The first-order valence-corrected chi connectivity index (χ1v) is 12.0. The van der Waals surface area contributed by atoms with Crippen LogP contribution in [0.3, 0.4) is 0 Å². The van der Waals surface area contributed by atoms with Gasteiger partial charge < -0.3 is 14.5 Å². The number of rotatable bonds is 7. The van der Waals surface area contributed by atoms with E-state index in [2.05, 4.69) is 29.6 Å². The van der Waals surface area contributed by atoms with Crippen molar-refractivity contribution in [1.29, 1.82) is 0 Å². The van der Waals surface area contributed by atoms with E-state index in [9.17, 15) is 0 Å². The Bertz CT molecular complexity index is 931. The summed E-state index contributed by atoms with van der Waals surface area (Å²) in [6.07, 6.45) is 12.0. The Morgan fingerprint density at radius 3 is 2.77 bits per heavy atom. The maximum Gasteiger partial charge on any atom is 0.143 e. The van der Waals surface area contributed by atoms with Crippen molar-refractivity contribution in [2.24, 2.45) is 0 Å². The molecule has 1 aliphatic heterocycles. The third-order valence-corrected chi connectivity index (χ3v) is 7.98. The summed E-state index contributed by atoms with van der Waals surface area (Å²) in [5, 5.41) is 3.69. The van der Waals surface area contributed by atoms with Crippen molar-refractivity contribution >= 4 is 11.3 Å². The lowest BCUT2D eigenvalue weighted by Gasteiger charge is -2.46. The Labute approximate surface area is 182 Å². The average Bonchev–Trinajstić information content (AvgIpc) is 3.54. The molecule has 0 amide bonds. The van der Waals surface area contributed by atoms with Gasteiger partial charge in [0, 0.05) is 35.3 Å². The van der Waals surface area contributed by atoms with Crippen molar-refractivity contribution in [1.82, 2.24) is 10.3 Å². The molecule has 4 heterocycles. The van der Waals surface area contributed by atoms with Crippen LogP contribution < -0.4 is 5.32 Å². The van der Waals surface area contributed by atoms with Gasteiger partial charge in [0.1, 0.15) is 5.76 Å². The highest BCUT2D eigenvalue weighted by Crippen LogP contribution is 2.49. The van der Waals surface area contributed by atoms with Crippen LogP contribution >= 0.6 is 11.3 Å². The first-order chi connectivity index (χ1) is 14.8. The van der Waals surface area contributed by atoms with Gasteiger partial charge in [0.25, 0.3) is 0 Å². The quantitative estimate of drug-likeness (QED) is 0.478. The molecule has 1 N–H and O–H groups in total. The van der Waals surface area contributed by atoms with Crippen LogP contribution in [0, 0.1) is 0 Å². The zero-order chi connectivity index (χ0) is 20.3. The van der Waals surface area contributed by atoms with Gasteiger partial charge in [0.2, 0.25) is 0 Å². The molecule has 1 saturated carbocycles. The van der Waals surface area contributed by atoms with Gasteiger partial charge in [0.05, 0.1) is 16.7 Å². The fourth-order valence-electron chi connectivity index (χ4n) is 5.36. The van der Waals surface area contributed by atoms with E-state index in [0.29, 0.717) is 0 Å². The van der Waals surface area contributed by atoms with Gasteiger partial charge >= 0.3 is 0 Å². The lowest BCUT2D eigenvalue weighted by atomic mass is 9.68. The number of nitrogens with zero attached hydrogens (tertiary/aromatic N) is 1. The van der Waals surface area contributed by atoms with Crippen molar-refractivity contribution in [3.63, 3.8) is 0 Å². The van der Waals surface area contributed by atoms with Gasteiger partial charge in [-0.25, -0.2) is 0 Å². The molecular weight excluding hydrogens is 392 g/mol. The Hall–Kier alpha value is -1.95. The summed E-state index contributed by atoms with van der Waals surface area (Å²) in [7, 11) is 0. The number of ether oxygens (including phenoxy) is 1. The molecule has 1 saturated heterocycles. The molecule has 158 valence electrons. The van der Waals surface area contributed by atoms with Gasteiger partial charge in [-0.3, -0.25) is 4.98 Å². The lowest BCUT2D eigenvalue weighted by Crippen LogP contribution is -2.47.